The van der Waals surface area contributed by atoms with Gasteiger partial charge in [-0.15, -0.1) is 0 Å². The number of hydrogen-bond donors (Lipinski definition) is 2. The zero-order valence-corrected chi connectivity index (χ0v) is 8.76. The highest BCUT2D eigenvalue weighted by atomic mass is 16.5. The van der Waals surface area contributed by atoms with E-state index in [1.165, 1.54) is 7.11 Å². The van der Waals surface area contributed by atoms with E-state index in [4.69, 9.17) is 0 Å². The molecule has 0 rings (SSSR count). The molecule has 0 aliphatic heterocycles. The molecule has 0 heterocycles. The lowest BCUT2D eigenvalue weighted by Gasteiger charge is -2.25. The van der Waals surface area contributed by atoms with E-state index in [9.17, 15) is 9.90 Å². The lowest BCUT2D eigenvalue weighted by molar-refractivity contribution is 0.0557. The molecule has 2 N–H and O–H groups in total. The number of aliphatic hydroxyl groups excluding tert-OH is 1. The van der Waals surface area contributed by atoms with E-state index >= 15 is 0 Å². The van der Waals surface area contributed by atoms with Gasteiger partial charge in [0.2, 0.25) is 0 Å². The predicted molar refractivity (Wildman–Crippen MR) is 50.5 cm³/mol. The summed E-state index contributed by atoms with van der Waals surface area (Å²) >= 11 is 0. The maximum absolute atomic E-state index is 10.6. The highest BCUT2D eigenvalue weighted by Gasteiger charge is 2.21. The van der Waals surface area contributed by atoms with Gasteiger partial charge in [-0.3, -0.25) is 0 Å². The number of aliphatic hydroxyl groups is 1. The largest absolute Gasteiger partial charge is 0.453 e. The molecule has 0 bridgehead atoms. The number of nitrogens with one attached hydrogen (secondary N) is 1. The lowest BCUT2D eigenvalue weighted by Crippen LogP contribution is -2.32. The van der Waals surface area contributed by atoms with Crippen LogP contribution >= 0.6 is 0 Å². The van der Waals surface area contributed by atoms with Crippen LogP contribution in [0.5, 0.6) is 0 Å². The first-order valence-corrected chi connectivity index (χ1v) is 4.38. The molecular formula is C9H19NO3. The molecule has 13 heavy (non-hydrogen) atoms. The maximum atomic E-state index is 10.6. The molecule has 0 aliphatic carbocycles. The molecule has 0 saturated carbocycles. The first-order chi connectivity index (χ1) is 5.88. The van der Waals surface area contributed by atoms with Gasteiger partial charge in [-0.2, -0.15) is 0 Å². The summed E-state index contributed by atoms with van der Waals surface area (Å²) in [6.45, 7) is 6.30. The van der Waals surface area contributed by atoms with E-state index in [0.29, 0.717) is 13.0 Å². The first kappa shape index (κ1) is 12.2. The van der Waals surface area contributed by atoms with Crippen LogP contribution in [0.2, 0.25) is 0 Å². The monoisotopic (exact) mass is 189 g/mol. The van der Waals surface area contributed by atoms with Gasteiger partial charge in [-0.25, -0.2) is 4.79 Å². The van der Waals surface area contributed by atoms with Crippen molar-refractivity contribution in [3.63, 3.8) is 0 Å². The SMILES string of the molecule is COC(=O)NCC[C@@H](O)C(C)(C)C. The summed E-state index contributed by atoms with van der Waals surface area (Å²) < 4.78 is 4.39. The molecule has 78 valence electrons. The maximum Gasteiger partial charge on any atom is 0.406 e. The highest BCUT2D eigenvalue weighted by Crippen LogP contribution is 2.20. The van der Waals surface area contributed by atoms with E-state index in [0.717, 1.165) is 0 Å². The average molecular weight is 189 g/mol. The number of hydrogen-bond acceptors (Lipinski definition) is 3. The van der Waals surface area contributed by atoms with Crippen molar-refractivity contribution in [1.29, 1.82) is 0 Å². The third-order valence-electron chi connectivity index (χ3n) is 1.87. The molecule has 0 fully saturated rings. The second-order valence-corrected chi connectivity index (χ2v) is 4.09. The fourth-order valence-corrected chi connectivity index (χ4v) is 0.816. The summed E-state index contributed by atoms with van der Waals surface area (Å²) in [4.78, 5) is 10.6. The summed E-state index contributed by atoms with van der Waals surface area (Å²) in [6.07, 6.45) is -0.329. The zero-order valence-electron chi connectivity index (χ0n) is 8.76. The Kier molecular flexibility index (Phi) is 4.77. The molecule has 0 aromatic heterocycles. The van der Waals surface area contributed by atoms with Crippen LogP contribution in [0.25, 0.3) is 0 Å². The predicted octanol–water partition coefficient (Wildman–Crippen LogP) is 1.14. The molecule has 0 unspecified atom stereocenters. The van der Waals surface area contributed by atoms with Gasteiger partial charge < -0.3 is 15.2 Å². The minimum atomic E-state index is -0.457. The number of alkyl carbamates (subject to hydrolysis) is 1. The number of carbonyl (C=O) groups is 1. The van der Waals surface area contributed by atoms with E-state index in [-0.39, 0.29) is 5.41 Å². The van der Waals surface area contributed by atoms with Gasteiger partial charge in [0, 0.05) is 6.54 Å². The van der Waals surface area contributed by atoms with Crippen LogP contribution in [-0.4, -0.2) is 31.0 Å². The Hall–Kier alpha value is -0.770. The number of ether oxygens (including phenoxy) is 1. The van der Waals surface area contributed by atoms with Crippen LogP contribution in [0.15, 0.2) is 0 Å². The van der Waals surface area contributed by atoms with Crippen molar-refractivity contribution in [2.75, 3.05) is 13.7 Å². The van der Waals surface area contributed by atoms with Gasteiger partial charge in [-0.1, -0.05) is 20.8 Å². The minimum absolute atomic E-state index is 0.141. The van der Waals surface area contributed by atoms with Crippen molar-refractivity contribution < 1.29 is 14.6 Å². The molecule has 0 spiro atoms. The second kappa shape index (κ2) is 5.07. The fraction of sp³-hybridized carbons (Fsp3) is 0.889. The summed E-state index contributed by atoms with van der Waals surface area (Å²) in [6, 6.07) is 0. The van der Waals surface area contributed by atoms with Gasteiger partial charge in [0.15, 0.2) is 0 Å². The van der Waals surface area contributed by atoms with Crippen molar-refractivity contribution in [2.45, 2.75) is 33.3 Å². The van der Waals surface area contributed by atoms with Gasteiger partial charge in [0.1, 0.15) is 0 Å². The van der Waals surface area contributed by atoms with Gasteiger partial charge in [0.05, 0.1) is 13.2 Å². The number of carbonyl (C=O) groups excluding carboxylic acids is 1. The van der Waals surface area contributed by atoms with Crippen molar-refractivity contribution in [2.24, 2.45) is 5.41 Å². The lowest BCUT2D eigenvalue weighted by atomic mass is 9.87. The van der Waals surface area contributed by atoms with Gasteiger partial charge in [-0.05, 0) is 11.8 Å². The highest BCUT2D eigenvalue weighted by molar-refractivity contribution is 5.66. The second-order valence-electron chi connectivity index (χ2n) is 4.09. The Bertz CT molecular complexity index is 163. The Morgan fingerprint density at radius 3 is 2.46 bits per heavy atom. The average Bonchev–Trinajstić information content (AvgIpc) is 2.02. The van der Waals surface area contributed by atoms with Crippen LogP contribution in [0.4, 0.5) is 4.79 Å². The topological polar surface area (TPSA) is 58.6 Å². The van der Waals surface area contributed by atoms with Crippen molar-refractivity contribution >= 4 is 6.09 Å². The van der Waals surface area contributed by atoms with Gasteiger partial charge in [0.25, 0.3) is 0 Å². The summed E-state index contributed by atoms with van der Waals surface area (Å²) in [5.41, 5.74) is -0.141. The van der Waals surface area contributed by atoms with Gasteiger partial charge >= 0.3 is 6.09 Å². The molecule has 0 aliphatic rings. The summed E-state index contributed by atoms with van der Waals surface area (Å²) in [5, 5.41) is 12.1. The number of methoxy groups -OCH3 is 1. The van der Waals surface area contributed by atoms with Crippen molar-refractivity contribution in [3.05, 3.63) is 0 Å². The molecule has 0 aromatic carbocycles. The molecule has 0 radical (unpaired) electrons. The Labute approximate surface area is 79.3 Å². The van der Waals surface area contributed by atoms with E-state index in [2.05, 4.69) is 10.1 Å². The molecule has 0 aromatic rings. The zero-order chi connectivity index (χ0) is 10.5. The molecule has 4 nitrogen and oxygen atoms in total. The summed E-state index contributed by atoms with van der Waals surface area (Å²) in [7, 11) is 1.32. The van der Waals surface area contributed by atoms with Crippen LogP contribution in [0.3, 0.4) is 0 Å². The minimum Gasteiger partial charge on any atom is -0.453 e. The smallest absolute Gasteiger partial charge is 0.406 e. The number of rotatable bonds is 3. The Balaban J connectivity index is 3.60. The van der Waals surface area contributed by atoms with Crippen LogP contribution in [0.1, 0.15) is 27.2 Å². The normalized spacial score (nSPS) is 13.6. The van der Waals surface area contributed by atoms with E-state index in [1.807, 2.05) is 20.8 Å². The van der Waals surface area contributed by atoms with Crippen LogP contribution in [-0.2, 0) is 4.74 Å². The van der Waals surface area contributed by atoms with Crippen LogP contribution in [0, 0.1) is 5.41 Å². The molecule has 0 saturated heterocycles. The fourth-order valence-electron chi connectivity index (χ4n) is 0.816. The molecular weight excluding hydrogens is 170 g/mol. The Morgan fingerprint density at radius 2 is 2.08 bits per heavy atom. The molecule has 4 heteroatoms. The van der Waals surface area contributed by atoms with E-state index in [1.54, 1.807) is 0 Å². The summed E-state index contributed by atoms with van der Waals surface area (Å²) in [5.74, 6) is 0. The first-order valence-electron chi connectivity index (χ1n) is 4.38. The third kappa shape index (κ3) is 5.47. The molecule has 1 atom stereocenters. The van der Waals surface area contributed by atoms with Crippen molar-refractivity contribution in [1.82, 2.24) is 5.32 Å². The van der Waals surface area contributed by atoms with Crippen LogP contribution < -0.4 is 5.32 Å². The third-order valence-corrected chi connectivity index (χ3v) is 1.87. The molecule has 1 amide bonds. The standard InChI is InChI=1S/C9H19NO3/c1-9(2,3)7(11)5-6-10-8(12)13-4/h7,11H,5-6H2,1-4H3,(H,10,12)/t7-/m1/s1. The van der Waals surface area contributed by atoms with Crippen molar-refractivity contribution in [3.8, 4) is 0 Å². The number of amides is 1. The van der Waals surface area contributed by atoms with E-state index < -0.39 is 12.2 Å². The quantitative estimate of drug-likeness (QED) is 0.700. The Morgan fingerprint density at radius 1 is 1.54 bits per heavy atom.